The van der Waals surface area contributed by atoms with Crippen LogP contribution in [0.15, 0.2) is 30.3 Å². The predicted octanol–water partition coefficient (Wildman–Crippen LogP) is 3.94. The third-order valence-corrected chi connectivity index (χ3v) is 4.28. The zero-order valence-electron chi connectivity index (χ0n) is 13.9. The molecule has 2 aromatic carbocycles. The number of fused-ring (bicyclic) bond motifs is 1. The molecule has 1 aliphatic rings. The highest BCUT2D eigenvalue weighted by molar-refractivity contribution is 6.32. The lowest BCUT2D eigenvalue weighted by molar-refractivity contribution is 0.174. The van der Waals surface area contributed by atoms with Crippen molar-refractivity contribution in [1.82, 2.24) is 5.32 Å². The van der Waals surface area contributed by atoms with Crippen molar-refractivity contribution in [2.45, 2.75) is 19.5 Å². The summed E-state index contributed by atoms with van der Waals surface area (Å²) in [5.41, 5.74) is 2.06. The Bertz CT molecular complexity index is 735. The van der Waals surface area contributed by atoms with Gasteiger partial charge in [-0.05, 0) is 42.8 Å². The lowest BCUT2D eigenvalue weighted by Gasteiger charge is -2.18. The summed E-state index contributed by atoms with van der Waals surface area (Å²) in [5, 5.41) is 4.03. The van der Waals surface area contributed by atoms with E-state index in [2.05, 4.69) is 12.2 Å². The van der Waals surface area contributed by atoms with Crippen LogP contribution in [0.1, 0.15) is 24.1 Å². The van der Waals surface area contributed by atoms with Crippen LogP contribution in [0.2, 0.25) is 5.02 Å². The maximum atomic E-state index is 6.23. The smallest absolute Gasteiger partial charge is 0.231 e. The fourth-order valence-corrected chi connectivity index (χ4v) is 2.97. The van der Waals surface area contributed by atoms with Gasteiger partial charge in [0.25, 0.3) is 0 Å². The molecule has 1 aliphatic heterocycles. The molecular weight excluding hydrogens is 330 g/mol. The van der Waals surface area contributed by atoms with Crippen LogP contribution in [0.4, 0.5) is 0 Å². The first-order chi connectivity index (χ1) is 11.6. The molecule has 5 nitrogen and oxygen atoms in total. The lowest BCUT2D eigenvalue weighted by Crippen LogP contribution is -2.18. The van der Waals surface area contributed by atoms with Gasteiger partial charge in [0.2, 0.25) is 6.79 Å². The second-order valence-corrected chi connectivity index (χ2v) is 5.93. The van der Waals surface area contributed by atoms with E-state index in [4.69, 9.17) is 30.5 Å². The average molecular weight is 350 g/mol. The quantitative estimate of drug-likeness (QED) is 0.856. The van der Waals surface area contributed by atoms with E-state index in [1.807, 2.05) is 30.3 Å². The summed E-state index contributed by atoms with van der Waals surface area (Å²) in [6.45, 7) is 2.92. The summed E-state index contributed by atoms with van der Waals surface area (Å²) in [6.07, 6.45) is 0. The number of nitrogens with one attached hydrogen (secondary N) is 1. The van der Waals surface area contributed by atoms with E-state index in [1.54, 1.807) is 14.2 Å². The Morgan fingerprint density at radius 3 is 2.75 bits per heavy atom. The summed E-state index contributed by atoms with van der Waals surface area (Å²) in [5.74, 6) is 2.92. The summed E-state index contributed by atoms with van der Waals surface area (Å²) in [7, 11) is 3.31. The van der Waals surface area contributed by atoms with Crippen LogP contribution in [-0.4, -0.2) is 21.0 Å². The van der Waals surface area contributed by atoms with Gasteiger partial charge in [0.15, 0.2) is 11.5 Å². The molecule has 0 radical (unpaired) electrons. The first kappa shape index (κ1) is 16.7. The second-order valence-electron chi connectivity index (χ2n) is 5.52. The van der Waals surface area contributed by atoms with Crippen LogP contribution in [-0.2, 0) is 6.54 Å². The molecule has 0 aliphatic carbocycles. The molecule has 0 fully saturated rings. The Morgan fingerprint density at radius 2 is 2.00 bits per heavy atom. The van der Waals surface area contributed by atoms with E-state index in [1.165, 1.54) is 0 Å². The standard InChI is InChI=1S/C18H20ClNO4/c1-11(14-8-13(21-2)4-5-16(14)22-3)20-9-12-6-15(19)18-17(7-12)23-10-24-18/h4-8,11,20H,9-10H2,1-3H3/t11-/m1/s1. The van der Waals surface area contributed by atoms with Gasteiger partial charge in [-0.25, -0.2) is 0 Å². The zero-order chi connectivity index (χ0) is 17.1. The van der Waals surface area contributed by atoms with Crippen LogP contribution < -0.4 is 24.3 Å². The fraction of sp³-hybridized carbons (Fsp3) is 0.333. The number of hydrogen-bond acceptors (Lipinski definition) is 5. The molecule has 0 spiro atoms. The summed E-state index contributed by atoms with van der Waals surface area (Å²) in [4.78, 5) is 0. The fourth-order valence-electron chi connectivity index (χ4n) is 2.68. The van der Waals surface area contributed by atoms with Crippen molar-refractivity contribution < 1.29 is 18.9 Å². The van der Waals surface area contributed by atoms with Gasteiger partial charge >= 0.3 is 0 Å². The molecule has 0 unspecified atom stereocenters. The number of hydrogen-bond donors (Lipinski definition) is 1. The zero-order valence-corrected chi connectivity index (χ0v) is 14.6. The minimum Gasteiger partial charge on any atom is -0.497 e. The number of rotatable bonds is 6. The van der Waals surface area contributed by atoms with Crippen molar-refractivity contribution in [3.05, 3.63) is 46.5 Å². The maximum Gasteiger partial charge on any atom is 0.231 e. The second kappa shape index (κ2) is 7.20. The topological polar surface area (TPSA) is 49.0 Å². The highest BCUT2D eigenvalue weighted by Gasteiger charge is 2.19. The molecule has 0 saturated carbocycles. The van der Waals surface area contributed by atoms with Crippen molar-refractivity contribution in [3.63, 3.8) is 0 Å². The SMILES string of the molecule is COc1ccc(OC)c([C@@H](C)NCc2cc(Cl)c3c(c2)OCO3)c1. The molecule has 1 atom stereocenters. The summed E-state index contributed by atoms with van der Waals surface area (Å²) >= 11 is 6.23. The number of ether oxygens (including phenoxy) is 4. The van der Waals surface area contributed by atoms with E-state index in [0.717, 1.165) is 22.6 Å². The van der Waals surface area contributed by atoms with E-state index in [0.29, 0.717) is 23.1 Å². The minimum atomic E-state index is 0.0687. The molecule has 6 heteroatoms. The monoisotopic (exact) mass is 349 g/mol. The molecule has 0 amide bonds. The van der Waals surface area contributed by atoms with Gasteiger partial charge < -0.3 is 24.3 Å². The Balaban J connectivity index is 1.74. The number of methoxy groups -OCH3 is 2. The van der Waals surface area contributed by atoms with Gasteiger partial charge in [-0.2, -0.15) is 0 Å². The van der Waals surface area contributed by atoms with E-state index in [-0.39, 0.29) is 12.8 Å². The molecule has 3 rings (SSSR count). The first-order valence-electron chi connectivity index (χ1n) is 7.65. The van der Waals surface area contributed by atoms with Crippen LogP contribution in [0.5, 0.6) is 23.0 Å². The summed E-state index contributed by atoms with van der Waals surface area (Å²) < 4.78 is 21.5. The highest BCUT2D eigenvalue weighted by atomic mass is 35.5. The van der Waals surface area contributed by atoms with Crippen molar-refractivity contribution in [3.8, 4) is 23.0 Å². The molecule has 2 aromatic rings. The Morgan fingerprint density at radius 1 is 1.17 bits per heavy atom. The van der Waals surface area contributed by atoms with Crippen LogP contribution >= 0.6 is 11.6 Å². The lowest BCUT2D eigenvalue weighted by atomic mass is 10.1. The van der Waals surface area contributed by atoms with Crippen LogP contribution in [0, 0.1) is 0 Å². The minimum absolute atomic E-state index is 0.0687. The van der Waals surface area contributed by atoms with Gasteiger partial charge in [0, 0.05) is 18.2 Å². The van der Waals surface area contributed by atoms with Gasteiger partial charge in [0.1, 0.15) is 11.5 Å². The Labute approximate surface area is 146 Å². The van der Waals surface area contributed by atoms with Crippen molar-refractivity contribution in [1.29, 1.82) is 0 Å². The van der Waals surface area contributed by atoms with E-state index in [9.17, 15) is 0 Å². The third kappa shape index (κ3) is 3.37. The third-order valence-electron chi connectivity index (χ3n) is 4.00. The van der Waals surface area contributed by atoms with Crippen LogP contribution in [0.3, 0.4) is 0 Å². The average Bonchev–Trinajstić information content (AvgIpc) is 3.08. The normalized spacial score (nSPS) is 13.7. The molecule has 0 saturated heterocycles. The van der Waals surface area contributed by atoms with E-state index >= 15 is 0 Å². The van der Waals surface area contributed by atoms with E-state index < -0.39 is 0 Å². The summed E-state index contributed by atoms with van der Waals surface area (Å²) in [6, 6.07) is 9.66. The van der Waals surface area contributed by atoms with Gasteiger partial charge in [-0.1, -0.05) is 11.6 Å². The molecule has 24 heavy (non-hydrogen) atoms. The van der Waals surface area contributed by atoms with Crippen molar-refractivity contribution in [2.24, 2.45) is 0 Å². The maximum absolute atomic E-state index is 6.23. The molecule has 0 aromatic heterocycles. The predicted molar refractivity (Wildman–Crippen MR) is 92.4 cm³/mol. The molecule has 1 heterocycles. The molecule has 1 N–H and O–H groups in total. The molecule has 0 bridgehead atoms. The number of benzene rings is 2. The number of halogens is 1. The van der Waals surface area contributed by atoms with Gasteiger partial charge in [0.05, 0.1) is 19.2 Å². The Hall–Kier alpha value is -2.11. The van der Waals surface area contributed by atoms with Gasteiger partial charge in [-0.15, -0.1) is 0 Å². The van der Waals surface area contributed by atoms with Crippen molar-refractivity contribution in [2.75, 3.05) is 21.0 Å². The Kier molecular flexibility index (Phi) is 5.02. The van der Waals surface area contributed by atoms with Gasteiger partial charge in [-0.3, -0.25) is 0 Å². The largest absolute Gasteiger partial charge is 0.497 e. The van der Waals surface area contributed by atoms with Crippen LogP contribution in [0.25, 0.3) is 0 Å². The first-order valence-corrected chi connectivity index (χ1v) is 8.03. The van der Waals surface area contributed by atoms with Crippen molar-refractivity contribution >= 4 is 11.6 Å². The highest BCUT2D eigenvalue weighted by Crippen LogP contribution is 2.40. The molecular formula is C18H20ClNO4. The molecule has 128 valence electrons.